The number of β-lactam (4-membered cyclic amide) rings is 1. The highest BCUT2D eigenvalue weighted by molar-refractivity contribution is 7.87. The summed E-state index contributed by atoms with van der Waals surface area (Å²) in [7, 11) is -0.380. The van der Waals surface area contributed by atoms with Crippen molar-refractivity contribution in [1.82, 2.24) is 5.06 Å². The van der Waals surface area contributed by atoms with Gasteiger partial charge in [-0.2, -0.15) is 13.5 Å². The van der Waals surface area contributed by atoms with Gasteiger partial charge in [0.1, 0.15) is 4.90 Å². The van der Waals surface area contributed by atoms with E-state index in [0.29, 0.717) is 5.39 Å². The van der Waals surface area contributed by atoms with Crippen LogP contribution in [0.15, 0.2) is 71.6 Å². The molecule has 1 unspecified atom stereocenters. The number of fused-ring (bicyclic) bond motifs is 1. The van der Waals surface area contributed by atoms with Gasteiger partial charge in [-0.25, -0.2) is 0 Å². The molecule has 4 rings (SSSR count). The summed E-state index contributed by atoms with van der Waals surface area (Å²) in [5.41, 5.74) is 1.74. The van der Waals surface area contributed by atoms with E-state index in [2.05, 4.69) is 0 Å². The number of rotatable bonds is 5. The maximum absolute atomic E-state index is 13.0. The van der Waals surface area contributed by atoms with Gasteiger partial charge in [0.15, 0.2) is 0 Å². The third-order valence-electron chi connectivity index (χ3n) is 4.87. The van der Waals surface area contributed by atoms with Gasteiger partial charge in [-0.1, -0.05) is 54.6 Å². The summed E-state index contributed by atoms with van der Waals surface area (Å²) >= 11 is 0. The van der Waals surface area contributed by atoms with Crippen LogP contribution in [0.2, 0.25) is 0 Å². The Morgan fingerprint density at radius 2 is 1.61 bits per heavy atom. The van der Waals surface area contributed by atoms with E-state index in [9.17, 15) is 13.2 Å². The first-order valence-electron chi connectivity index (χ1n) is 8.89. The number of carbonyl (C=O) groups is 1. The highest BCUT2D eigenvalue weighted by Crippen LogP contribution is 2.37. The Balaban J connectivity index is 1.71. The van der Waals surface area contributed by atoms with E-state index in [1.807, 2.05) is 61.5 Å². The lowest BCUT2D eigenvalue weighted by Crippen LogP contribution is -2.47. The molecule has 144 valence electrons. The molecular formula is C21H20N2O4S. The molecule has 1 saturated heterocycles. The molecule has 1 aliphatic rings. The zero-order valence-electron chi connectivity index (χ0n) is 15.6. The first kappa shape index (κ1) is 18.5. The summed E-state index contributed by atoms with van der Waals surface area (Å²) in [6.07, 6.45) is 0.222. The summed E-state index contributed by atoms with van der Waals surface area (Å²) in [5, 5.41) is 2.31. The third-order valence-corrected chi connectivity index (χ3v) is 6.12. The molecule has 0 radical (unpaired) electrons. The molecular weight excluding hydrogens is 376 g/mol. The molecule has 6 nitrogen and oxygen atoms in total. The molecule has 1 heterocycles. The number of amides is 1. The molecule has 1 aliphatic heterocycles. The van der Waals surface area contributed by atoms with Crippen LogP contribution in [0.4, 0.5) is 5.69 Å². The van der Waals surface area contributed by atoms with Crippen LogP contribution in [0, 0.1) is 0 Å². The molecule has 1 atom stereocenters. The Morgan fingerprint density at radius 3 is 2.29 bits per heavy atom. The Morgan fingerprint density at radius 1 is 0.929 bits per heavy atom. The number of carbonyl (C=O) groups excluding carboxylic acids is 1. The van der Waals surface area contributed by atoms with Crippen LogP contribution in [0.25, 0.3) is 10.8 Å². The number of anilines is 1. The van der Waals surface area contributed by atoms with Crippen molar-refractivity contribution < 1.29 is 17.5 Å². The van der Waals surface area contributed by atoms with Crippen LogP contribution in [0.1, 0.15) is 18.0 Å². The monoisotopic (exact) mass is 396 g/mol. The van der Waals surface area contributed by atoms with E-state index in [1.54, 1.807) is 18.2 Å². The van der Waals surface area contributed by atoms with Gasteiger partial charge in [0.2, 0.25) is 5.91 Å². The fourth-order valence-corrected chi connectivity index (χ4v) is 4.61. The van der Waals surface area contributed by atoms with E-state index in [4.69, 9.17) is 4.28 Å². The maximum atomic E-state index is 13.0. The Kier molecular flexibility index (Phi) is 4.56. The van der Waals surface area contributed by atoms with Gasteiger partial charge in [0, 0.05) is 30.6 Å². The second-order valence-corrected chi connectivity index (χ2v) is 8.40. The van der Waals surface area contributed by atoms with Crippen LogP contribution in [0.3, 0.4) is 0 Å². The molecule has 0 N–H and O–H groups in total. The molecule has 0 aromatic heterocycles. The smallest absolute Gasteiger partial charge is 0.318 e. The van der Waals surface area contributed by atoms with Crippen LogP contribution in [-0.2, 0) is 19.2 Å². The number of hydrogen-bond acceptors (Lipinski definition) is 5. The van der Waals surface area contributed by atoms with Gasteiger partial charge in [-0.05, 0) is 17.7 Å². The van der Waals surface area contributed by atoms with Crippen molar-refractivity contribution in [2.75, 3.05) is 19.0 Å². The molecule has 0 saturated carbocycles. The van der Waals surface area contributed by atoms with Gasteiger partial charge in [0.05, 0.1) is 12.5 Å². The summed E-state index contributed by atoms with van der Waals surface area (Å²) in [5.74, 6) is -0.355. The molecule has 28 heavy (non-hydrogen) atoms. The molecule has 1 fully saturated rings. The van der Waals surface area contributed by atoms with Gasteiger partial charge in [-0.15, -0.1) is 4.28 Å². The second kappa shape index (κ2) is 6.92. The van der Waals surface area contributed by atoms with Crippen LogP contribution < -0.4 is 4.90 Å². The largest absolute Gasteiger partial charge is 0.377 e. The third kappa shape index (κ3) is 3.12. The fraction of sp³-hybridized carbons (Fsp3) is 0.190. The van der Waals surface area contributed by atoms with Crippen molar-refractivity contribution in [3.8, 4) is 0 Å². The number of hydroxylamine groups is 2. The van der Waals surface area contributed by atoms with Crippen molar-refractivity contribution >= 4 is 32.5 Å². The minimum atomic E-state index is -4.18. The van der Waals surface area contributed by atoms with Gasteiger partial charge in [-0.3, -0.25) is 4.79 Å². The SMILES string of the molecule is CN(C)c1cccc2c(S(=O)(=O)ON3C(=O)CC3c3ccccc3)cccc12. The van der Waals surface area contributed by atoms with Crippen LogP contribution in [0.5, 0.6) is 0 Å². The number of benzene rings is 3. The standard InChI is InChI=1S/C21H20N2O4S/c1-22(2)18-12-6-11-17-16(18)10-7-13-20(17)28(25,26)27-23-19(14-21(23)24)15-8-4-3-5-9-15/h3-13,19H,14H2,1-2H3. The van der Waals surface area contributed by atoms with Gasteiger partial charge in [0.25, 0.3) is 0 Å². The van der Waals surface area contributed by atoms with Crippen molar-refractivity contribution in [3.05, 3.63) is 72.3 Å². The van der Waals surface area contributed by atoms with Crippen molar-refractivity contribution in [2.24, 2.45) is 0 Å². The molecule has 3 aromatic rings. The summed E-state index contributed by atoms with van der Waals surface area (Å²) in [6, 6.07) is 19.4. The van der Waals surface area contributed by atoms with E-state index in [0.717, 1.165) is 21.7 Å². The maximum Gasteiger partial charge on any atom is 0.318 e. The van der Waals surface area contributed by atoms with Crippen LogP contribution in [-0.4, -0.2) is 33.5 Å². The molecule has 0 aliphatic carbocycles. The number of nitrogens with zero attached hydrogens (tertiary/aromatic N) is 2. The average Bonchev–Trinajstić information content (AvgIpc) is 2.70. The molecule has 0 spiro atoms. The lowest BCUT2D eigenvalue weighted by molar-refractivity contribution is -0.189. The van der Waals surface area contributed by atoms with Crippen LogP contribution >= 0.6 is 0 Å². The van der Waals surface area contributed by atoms with Crippen molar-refractivity contribution in [2.45, 2.75) is 17.4 Å². The van der Waals surface area contributed by atoms with Crippen molar-refractivity contribution in [3.63, 3.8) is 0 Å². The topological polar surface area (TPSA) is 66.9 Å². The van der Waals surface area contributed by atoms with Gasteiger partial charge >= 0.3 is 10.1 Å². The lowest BCUT2D eigenvalue weighted by atomic mass is 9.97. The summed E-state index contributed by atoms with van der Waals surface area (Å²) < 4.78 is 31.3. The summed E-state index contributed by atoms with van der Waals surface area (Å²) in [4.78, 5) is 14.0. The average molecular weight is 396 g/mol. The minimum Gasteiger partial charge on any atom is -0.377 e. The Bertz CT molecular complexity index is 1140. The normalized spacial score (nSPS) is 16.9. The minimum absolute atomic E-state index is 0.0419. The molecule has 1 amide bonds. The van der Waals surface area contributed by atoms with E-state index in [-0.39, 0.29) is 17.2 Å². The van der Waals surface area contributed by atoms with Crippen molar-refractivity contribution in [1.29, 1.82) is 0 Å². The predicted octanol–water partition coefficient (Wildman–Crippen LogP) is 3.50. The lowest BCUT2D eigenvalue weighted by Gasteiger charge is -2.38. The van der Waals surface area contributed by atoms with E-state index < -0.39 is 16.2 Å². The van der Waals surface area contributed by atoms with E-state index >= 15 is 0 Å². The first-order valence-corrected chi connectivity index (χ1v) is 10.3. The highest BCUT2D eigenvalue weighted by Gasteiger charge is 2.42. The number of hydrogen-bond donors (Lipinski definition) is 0. The molecule has 0 bridgehead atoms. The van der Waals surface area contributed by atoms with Gasteiger partial charge < -0.3 is 4.90 Å². The second-order valence-electron chi connectivity index (χ2n) is 6.90. The Hall–Kier alpha value is -2.90. The zero-order valence-corrected chi connectivity index (χ0v) is 16.4. The molecule has 7 heteroatoms. The highest BCUT2D eigenvalue weighted by atomic mass is 32.2. The quantitative estimate of drug-likeness (QED) is 0.618. The Labute approximate surface area is 164 Å². The zero-order chi connectivity index (χ0) is 19.9. The predicted molar refractivity (Wildman–Crippen MR) is 107 cm³/mol. The molecule has 3 aromatic carbocycles. The first-order chi connectivity index (χ1) is 13.4. The van der Waals surface area contributed by atoms with E-state index in [1.165, 1.54) is 6.07 Å². The fourth-order valence-electron chi connectivity index (χ4n) is 3.44. The summed E-state index contributed by atoms with van der Waals surface area (Å²) in [6.45, 7) is 0.